The summed E-state index contributed by atoms with van der Waals surface area (Å²) < 4.78 is 52.0. The smallest absolute Gasteiger partial charge is 0.172 e. The van der Waals surface area contributed by atoms with Gasteiger partial charge in [0.1, 0.15) is 0 Å². The zero-order valence-corrected chi connectivity index (χ0v) is 7.38. The molecule has 0 spiro atoms. The minimum Gasteiger partial charge on any atom is -0.334 e. The molecule has 0 bridgehead atoms. The molecule has 3 nitrogen and oxygen atoms in total. The molecule has 0 aliphatic heterocycles. The van der Waals surface area contributed by atoms with Gasteiger partial charge in [0.05, 0.1) is 0 Å². The molecule has 7 heteroatoms. The largest absolute Gasteiger partial charge is 0.334 e. The molecule has 0 aromatic carbocycles. The minimum absolute atomic E-state index is 0.0582. The third-order valence-corrected chi connectivity index (χ3v) is 1.45. The summed E-state index contributed by atoms with van der Waals surface area (Å²) in [6, 6.07) is 0. The van der Waals surface area contributed by atoms with E-state index in [1.807, 2.05) is 0 Å². The van der Waals surface area contributed by atoms with Crippen molar-refractivity contribution in [3.63, 3.8) is 0 Å². The highest BCUT2D eigenvalue weighted by Gasteiger charge is 2.25. The molecule has 0 heterocycles. The van der Waals surface area contributed by atoms with Crippen LogP contribution in [0, 0.1) is 0 Å². The minimum atomic E-state index is -1.58. The average molecular weight is 204 g/mol. The Kier molecular flexibility index (Phi) is 5.93. The maximum absolute atomic E-state index is 11.9. The predicted molar refractivity (Wildman–Crippen MR) is 37.4 cm³/mol. The second-order valence-corrected chi connectivity index (χ2v) is 2.38. The van der Waals surface area contributed by atoms with Gasteiger partial charge in [0, 0.05) is 10.7 Å². The normalized spacial score (nSPS) is 16.6. The van der Waals surface area contributed by atoms with Gasteiger partial charge in [-0.1, -0.05) is 31.8 Å². The van der Waals surface area contributed by atoms with Crippen molar-refractivity contribution in [3.05, 3.63) is 0 Å². The molecule has 0 saturated carbocycles. The molecule has 0 aromatic heterocycles. The number of hydrogen-bond acceptors (Lipinski definition) is 3. The lowest BCUT2D eigenvalue weighted by Crippen LogP contribution is -2.34. The summed E-state index contributed by atoms with van der Waals surface area (Å²) in [6.07, 6.45) is -3.28. The highest BCUT2D eigenvalue weighted by atomic mass is 19.4. The molecule has 80 valence electrons. The Morgan fingerprint density at radius 3 is 1.38 bits per heavy atom. The van der Waals surface area contributed by atoms with Crippen molar-refractivity contribution < 1.29 is 22.7 Å². The summed E-state index contributed by atoms with van der Waals surface area (Å²) >= 11 is 0. The van der Waals surface area contributed by atoms with E-state index in [1.165, 1.54) is 13.8 Å². The van der Waals surface area contributed by atoms with Gasteiger partial charge in [0.25, 0.3) is 0 Å². The molecular weight excluding hydrogens is 192 g/mol. The van der Waals surface area contributed by atoms with E-state index < -0.39 is 23.1 Å². The first kappa shape index (κ1) is 12.6. The van der Waals surface area contributed by atoms with Crippen LogP contribution in [0.5, 0.6) is 0 Å². The summed E-state index contributed by atoms with van der Waals surface area (Å²) in [5, 5.41) is -2.43. The van der Waals surface area contributed by atoms with Crippen LogP contribution in [0.25, 0.3) is 0 Å². The number of rotatable bonds is 6. The van der Waals surface area contributed by atoms with Crippen molar-refractivity contribution in [2.45, 2.75) is 39.1 Å². The molecule has 0 fully saturated rings. The number of ether oxygens (including phenoxy) is 1. The topological polar surface area (TPSA) is 15.7 Å². The van der Waals surface area contributed by atoms with E-state index >= 15 is 0 Å². The van der Waals surface area contributed by atoms with E-state index in [0.29, 0.717) is 0 Å². The fraction of sp³-hybridized carbons (Fsp3) is 1.00. The lowest BCUT2D eigenvalue weighted by atomic mass is 10.4. The van der Waals surface area contributed by atoms with E-state index in [1.54, 1.807) is 0 Å². The monoisotopic (exact) mass is 204 g/mol. The summed E-state index contributed by atoms with van der Waals surface area (Å²) in [7, 11) is 0. The Hall–Kier alpha value is -0.400. The van der Waals surface area contributed by atoms with Crippen molar-refractivity contribution in [2.75, 3.05) is 0 Å². The van der Waals surface area contributed by atoms with Gasteiger partial charge in [-0.2, -0.15) is 0 Å². The van der Waals surface area contributed by atoms with Crippen LogP contribution in [0.4, 0.5) is 17.9 Å². The molecule has 13 heavy (non-hydrogen) atoms. The van der Waals surface area contributed by atoms with Gasteiger partial charge in [-0.05, 0) is 12.8 Å². The Balaban J connectivity index is 4.03. The van der Waals surface area contributed by atoms with E-state index in [-0.39, 0.29) is 12.8 Å². The van der Waals surface area contributed by atoms with Crippen LogP contribution in [0.15, 0.2) is 0 Å². The van der Waals surface area contributed by atoms with Crippen molar-refractivity contribution >= 4 is 0 Å². The Morgan fingerprint density at radius 1 is 0.923 bits per heavy atom. The quantitative estimate of drug-likeness (QED) is 0.375. The van der Waals surface area contributed by atoms with Crippen molar-refractivity contribution in [2.24, 2.45) is 0 Å². The molecule has 2 atom stereocenters. The Labute approximate surface area is 73.6 Å². The second-order valence-electron chi connectivity index (χ2n) is 2.38. The molecular formula is C6H12F4N2O. The van der Waals surface area contributed by atoms with E-state index in [2.05, 4.69) is 4.74 Å². The molecule has 0 N–H and O–H groups in total. The van der Waals surface area contributed by atoms with E-state index in [9.17, 15) is 17.9 Å². The zero-order chi connectivity index (χ0) is 10.4. The zero-order valence-electron chi connectivity index (χ0n) is 7.38. The fourth-order valence-electron chi connectivity index (χ4n) is 0.742. The van der Waals surface area contributed by atoms with Gasteiger partial charge in [-0.25, -0.2) is 0 Å². The Morgan fingerprint density at radius 2 is 1.23 bits per heavy atom. The summed E-state index contributed by atoms with van der Waals surface area (Å²) in [6.45, 7) is 2.84. The second kappa shape index (κ2) is 6.11. The molecule has 0 aliphatic rings. The summed E-state index contributed by atoms with van der Waals surface area (Å²) in [5.41, 5.74) is 0. The first-order valence-electron chi connectivity index (χ1n) is 3.89. The van der Waals surface area contributed by atoms with Crippen LogP contribution in [-0.4, -0.2) is 23.1 Å². The van der Waals surface area contributed by atoms with Crippen LogP contribution in [0.3, 0.4) is 0 Å². The molecule has 0 radical (unpaired) electrons. The molecule has 0 rings (SSSR count). The molecule has 0 saturated heterocycles. The van der Waals surface area contributed by atoms with Crippen LogP contribution < -0.4 is 0 Å². The fourth-order valence-corrected chi connectivity index (χ4v) is 0.742. The average Bonchev–Trinajstić information content (AvgIpc) is 2.05. The predicted octanol–water partition coefficient (Wildman–Crippen LogP) is 2.62. The van der Waals surface area contributed by atoms with Gasteiger partial charge in [0.2, 0.25) is 0 Å². The van der Waals surface area contributed by atoms with Crippen molar-refractivity contribution in [1.82, 2.24) is 10.7 Å². The van der Waals surface area contributed by atoms with Crippen molar-refractivity contribution in [1.29, 1.82) is 0 Å². The lowest BCUT2D eigenvalue weighted by Gasteiger charge is -2.22. The molecule has 2 unspecified atom stereocenters. The SMILES string of the molecule is CCC(OC(CC)N(F)F)N(F)F. The first-order valence-corrected chi connectivity index (χ1v) is 3.89. The van der Waals surface area contributed by atoms with Gasteiger partial charge >= 0.3 is 0 Å². The van der Waals surface area contributed by atoms with E-state index in [0.717, 1.165) is 0 Å². The number of hydrogen-bond donors (Lipinski definition) is 0. The van der Waals surface area contributed by atoms with Crippen LogP contribution in [0.1, 0.15) is 26.7 Å². The maximum Gasteiger partial charge on any atom is 0.172 e. The van der Waals surface area contributed by atoms with Crippen LogP contribution >= 0.6 is 0 Å². The van der Waals surface area contributed by atoms with Crippen LogP contribution in [-0.2, 0) is 4.74 Å². The lowest BCUT2D eigenvalue weighted by molar-refractivity contribution is -0.336. The first-order chi connectivity index (χ1) is 6.02. The maximum atomic E-state index is 11.9. The van der Waals surface area contributed by atoms with Gasteiger partial charge in [-0.15, -0.1) is 0 Å². The molecule has 0 amide bonds. The van der Waals surface area contributed by atoms with Crippen LogP contribution in [0.2, 0.25) is 0 Å². The third-order valence-electron chi connectivity index (χ3n) is 1.45. The highest BCUT2D eigenvalue weighted by molar-refractivity contribution is 4.49. The van der Waals surface area contributed by atoms with Crippen molar-refractivity contribution in [3.8, 4) is 0 Å². The Bertz CT molecular complexity index is 122. The van der Waals surface area contributed by atoms with Gasteiger partial charge in [-0.3, -0.25) is 0 Å². The van der Waals surface area contributed by atoms with Gasteiger partial charge < -0.3 is 4.74 Å². The van der Waals surface area contributed by atoms with E-state index in [4.69, 9.17) is 0 Å². The standard InChI is InChI=1S/C6H12F4N2O/c1-3-5(11(7)8)13-6(4-2)12(9)10/h5-6H,3-4H2,1-2H3. The number of nitrogens with zero attached hydrogens (tertiary/aromatic N) is 2. The molecule has 0 aliphatic carbocycles. The van der Waals surface area contributed by atoms with Gasteiger partial charge in [0.15, 0.2) is 12.5 Å². The summed E-state index contributed by atoms with van der Waals surface area (Å²) in [5.74, 6) is 0. The third kappa shape index (κ3) is 4.39. The molecule has 0 aromatic rings. The summed E-state index contributed by atoms with van der Waals surface area (Å²) in [4.78, 5) is 0. The highest BCUT2D eigenvalue weighted by Crippen LogP contribution is 2.15. The number of halogens is 4.